The van der Waals surface area contributed by atoms with Crippen molar-refractivity contribution in [2.45, 2.75) is 18.9 Å². The van der Waals surface area contributed by atoms with Gasteiger partial charge in [0, 0.05) is 30.3 Å². The summed E-state index contributed by atoms with van der Waals surface area (Å²) in [5.74, 6) is 0.665. The van der Waals surface area contributed by atoms with E-state index in [0.717, 1.165) is 34.9 Å². The normalized spacial score (nSPS) is 16.4. The molecule has 1 aliphatic rings. The fourth-order valence-electron chi connectivity index (χ4n) is 3.43. The first-order valence-electron chi connectivity index (χ1n) is 8.75. The molecule has 1 amide bonds. The maximum absolute atomic E-state index is 12.7. The van der Waals surface area contributed by atoms with E-state index in [4.69, 9.17) is 4.74 Å². The first-order valence-corrected chi connectivity index (χ1v) is 8.75. The number of pyridine rings is 1. The summed E-state index contributed by atoms with van der Waals surface area (Å²) < 4.78 is 7.43. The molecule has 5 heteroatoms. The van der Waals surface area contributed by atoms with Crippen LogP contribution in [-0.2, 0) is 7.05 Å². The highest BCUT2D eigenvalue weighted by atomic mass is 16.5. The van der Waals surface area contributed by atoms with Crippen LogP contribution in [0.15, 0.2) is 59.5 Å². The number of hydrogen-bond acceptors (Lipinski definition) is 3. The zero-order valence-corrected chi connectivity index (χ0v) is 14.6. The Kier molecular flexibility index (Phi) is 4.21. The Hall–Kier alpha value is -3.08. The van der Waals surface area contributed by atoms with Crippen LogP contribution in [-0.4, -0.2) is 17.1 Å². The summed E-state index contributed by atoms with van der Waals surface area (Å²) in [7, 11) is 1.64. The number of nitrogens with zero attached hydrogens (tertiary/aromatic N) is 1. The van der Waals surface area contributed by atoms with E-state index in [1.807, 2.05) is 24.3 Å². The molecule has 0 fully saturated rings. The SMILES string of the molecule is Cn1cc(C(=O)N[C@@H]2CCCOc3c2ccc2ccccc32)ccc1=O. The highest BCUT2D eigenvalue weighted by Crippen LogP contribution is 2.37. The summed E-state index contributed by atoms with van der Waals surface area (Å²) in [5, 5.41) is 5.29. The van der Waals surface area contributed by atoms with Crippen LogP contribution in [0.25, 0.3) is 10.8 Å². The van der Waals surface area contributed by atoms with Crippen LogP contribution in [0.5, 0.6) is 5.75 Å². The number of aryl methyl sites for hydroxylation is 1. The largest absolute Gasteiger partial charge is 0.493 e. The zero-order valence-electron chi connectivity index (χ0n) is 14.6. The summed E-state index contributed by atoms with van der Waals surface area (Å²) in [6, 6.07) is 15.1. The minimum Gasteiger partial charge on any atom is -0.493 e. The number of carbonyl (C=O) groups is 1. The average molecular weight is 348 g/mol. The number of ether oxygens (including phenoxy) is 1. The fraction of sp³-hybridized carbons (Fsp3) is 0.238. The van der Waals surface area contributed by atoms with Crippen molar-refractivity contribution >= 4 is 16.7 Å². The number of aromatic nitrogens is 1. The number of carbonyl (C=O) groups excluding carboxylic acids is 1. The minimum absolute atomic E-state index is 0.123. The molecular weight excluding hydrogens is 328 g/mol. The summed E-state index contributed by atoms with van der Waals surface area (Å²) >= 11 is 0. The van der Waals surface area contributed by atoms with Gasteiger partial charge >= 0.3 is 0 Å². The highest BCUT2D eigenvalue weighted by Gasteiger charge is 2.23. The van der Waals surface area contributed by atoms with Crippen LogP contribution in [0, 0.1) is 0 Å². The van der Waals surface area contributed by atoms with Crippen molar-refractivity contribution in [1.29, 1.82) is 0 Å². The molecule has 0 unspecified atom stereocenters. The predicted octanol–water partition coefficient (Wildman–Crippen LogP) is 3.18. The maximum Gasteiger partial charge on any atom is 0.253 e. The third kappa shape index (κ3) is 2.96. The third-order valence-corrected chi connectivity index (χ3v) is 4.82. The second kappa shape index (κ2) is 6.67. The first kappa shape index (κ1) is 16.4. The van der Waals surface area contributed by atoms with E-state index in [0.29, 0.717) is 12.2 Å². The quantitative estimate of drug-likeness (QED) is 0.774. The lowest BCUT2D eigenvalue weighted by molar-refractivity contribution is 0.0934. The van der Waals surface area contributed by atoms with Gasteiger partial charge in [0.2, 0.25) is 5.56 Å². The van der Waals surface area contributed by atoms with Gasteiger partial charge in [-0.25, -0.2) is 0 Å². The van der Waals surface area contributed by atoms with Crippen LogP contribution in [0.3, 0.4) is 0 Å². The molecule has 4 rings (SSSR count). The molecule has 2 aromatic carbocycles. The molecule has 0 saturated carbocycles. The van der Waals surface area contributed by atoms with Gasteiger partial charge in [0.1, 0.15) is 5.75 Å². The minimum atomic E-state index is -0.188. The number of fused-ring (bicyclic) bond motifs is 3. The Morgan fingerprint density at radius 2 is 2.00 bits per heavy atom. The van der Waals surface area contributed by atoms with E-state index >= 15 is 0 Å². The molecule has 1 atom stereocenters. The smallest absolute Gasteiger partial charge is 0.253 e. The second-order valence-electron chi connectivity index (χ2n) is 6.59. The number of benzene rings is 2. The van der Waals surface area contributed by atoms with Gasteiger partial charge in [-0.3, -0.25) is 9.59 Å². The van der Waals surface area contributed by atoms with E-state index in [-0.39, 0.29) is 17.5 Å². The van der Waals surface area contributed by atoms with Gasteiger partial charge in [-0.2, -0.15) is 0 Å². The maximum atomic E-state index is 12.7. The lowest BCUT2D eigenvalue weighted by atomic mass is 9.97. The van der Waals surface area contributed by atoms with Crippen molar-refractivity contribution in [2.24, 2.45) is 7.05 Å². The number of amides is 1. The summed E-state index contributed by atoms with van der Waals surface area (Å²) in [5.41, 5.74) is 1.33. The Morgan fingerprint density at radius 1 is 1.15 bits per heavy atom. The standard InChI is InChI=1S/C21H20N2O3/c1-23-13-15(9-11-19(23)24)21(25)22-18-7-4-12-26-20-16-6-3-2-5-14(16)8-10-17(18)20/h2-3,5-6,8-11,13,18H,4,7,12H2,1H3,(H,22,25)/t18-/m1/s1. The van der Waals surface area contributed by atoms with Gasteiger partial charge in [-0.1, -0.05) is 36.4 Å². The van der Waals surface area contributed by atoms with Gasteiger partial charge in [0.05, 0.1) is 18.2 Å². The van der Waals surface area contributed by atoms with E-state index in [1.54, 1.807) is 19.3 Å². The average Bonchev–Trinajstić information content (AvgIpc) is 2.86. The Balaban J connectivity index is 1.69. The van der Waals surface area contributed by atoms with Crippen molar-refractivity contribution in [1.82, 2.24) is 9.88 Å². The molecule has 5 nitrogen and oxygen atoms in total. The molecule has 0 saturated heterocycles. The molecule has 3 aromatic rings. The molecule has 0 bridgehead atoms. The predicted molar refractivity (Wildman–Crippen MR) is 101 cm³/mol. The number of nitrogens with one attached hydrogen (secondary N) is 1. The molecule has 1 N–H and O–H groups in total. The first-order chi connectivity index (χ1) is 12.6. The van der Waals surface area contributed by atoms with Crippen LogP contribution >= 0.6 is 0 Å². The zero-order chi connectivity index (χ0) is 18.1. The monoisotopic (exact) mass is 348 g/mol. The van der Waals surface area contributed by atoms with Gasteiger partial charge in [-0.15, -0.1) is 0 Å². The van der Waals surface area contributed by atoms with Crippen LogP contribution in [0.4, 0.5) is 0 Å². The fourth-order valence-corrected chi connectivity index (χ4v) is 3.43. The van der Waals surface area contributed by atoms with E-state index in [2.05, 4.69) is 17.4 Å². The van der Waals surface area contributed by atoms with Crippen molar-refractivity contribution in [2.75, 3.05) is 6.61 Å². The molecular formula is C21H20N2O3. The number of rotatable bonds is 2. The van der Waals surface area contributed by atoms with Crippen molar-refractivity contribution in [3.05, 3.63) is 76.2 Å². The topological polar surface area (TPSA) is 60.3 Å². The summed E-state index contributed by atoms with van der Waals surface area (Å²) in [6.45, 7) is 0.632. The van der Waals surface area contributed by atoms with Crippen molar-refractivity contribution in [3.8, 4) is 5.75 Å². The Labute approximate surface area is 151 Å². The molecule has 0 radical (unpaired) electrons. The van der Waals surface area contributed by atoms with E-state index in [9.17, 15) is 9.59 Å². The van der Waals surface area contributed by atoms with Gasteiger partial charge in [0.25, 0.3) is 5.91 Å². The van der Waals surface area contributed by atoms with Gasteiger partial charge in [0.15, 0.2) is 0 Å². The molecule has 26 heavy (non-hydrogen) atoms. The van der Waals surface area contributed by atoms with Crippen molar-refractivity contribution < 1.29 is 9.53 Å². The number of hydrogen-bond donors (Lipinski definition) is 1. The van der Waals surface area contributed by atoms with E-state index < -0.39 is 0 Å². The Morgan fingerprint density at radius 3 is 2.85 bits per heavy atom. The van der Waals surface area contributed by atoms with Crippen LogP contribution in [0.1, 0.15) is 34.8 Å². The summed E-state index contributed by atoms with van der Waals surface area (Å²) in [4.78, 5) is 24.2. The van der Waals surface area contributed by atoms with Gasteiger partial charge < -0.3 is 14.6 Å². The molecule has 0 spiro atoms. The van der Waals surface area contributed by atoms with Crippen LogP contribution in [0.2, 0.25) is 0 Å². The van der Waals surface area contributed by atoms with Crippen molar-refractivity contribution in [3.63, 3.8) is 0 Å². The summed E-state index contributed by atoms with van der Waals surface area (Å²) in [6.07, 6.45) is 3.23. The molecule has 132 valence electrons. The lowest BCUT2D eigenvalue weighted by Crippen LogP contribution is -2.29. The lowest BCUT2D eigenvalue weighted by Gasteiger charge is -2.19. The molecule has 1 aliphatic heterocycles. The molecule has 0 aliphatic carbocycles. The molecule has 1 aromatic heterocycles. The molecule has 2 heterocycles. The Bertz CT molecular complexity index is 1040. The highest BCUT2D eigenvalue weighted by molar-refractivity contribution is 5.95. The third-order valence-electron chi connectivity index (χ3n) is 4.82. The second-order valence-corrected chi connectivity index (χ2v) is 6.59. The van der Waals surface area contributed by atoms with Crippen LogP contribution < -0.4 is 15.6 Å². The van der Waals surface area contributed by atoms with Gasteiger partial charge in [-0.05, 0) is 24.3 Å². The van der Waals surface area contributed by atoms with E-state index in [1.165, 1.54) is 10.6 Å².